The average molecular weight is 338 g/mol. The molecular formula is C13H15BrF3NO. The molecule has 0 amide bonds. The predicted molar refractivity (Wildman–Crippen MR) is 70.4 cm³/mol. The second kappa shape index (κ2) is 5.71. The first-order valence-corrected chi connectivity index (χ1v) is 6.88. The van der Waals surface area contributed by atoms with E-state index in [9.17, 15) is 13.2 Å². The van der Waals surface area contributed by atoms with Gasteiger partial charge in [-0.25, -0.2) is 0 Å². The number of hydrogen-bond donors (Lipinski definition) is 1. The fourth-order valence-electron chi connectivity index (χ4n) is 2.15. The smallest absolute Gasteiger partial charge is 0.390 e. The molecule has 0 bridgehead atoms. The molecule has 2 nitrogen and oxygen atoms in total. The zero-order chi connectivity index (χ0) is 14.0. The van der Waals surface area contributed by atoms with Crippen LogP contribution in [0.15, 0.2) is 22.7 Å². The minimum absolute atomic E-state index is 0.0972. The molecule has 0 fully saturated rings. The molecule has 0 aromatic heterocycles. The summed E-state index contributed by atoms with van der Waals surface area (Å²) >= 11 is 3.38. The molecule has 2 rings (SSSR count). The Balaban J connectivity index is 1.81. The largest absolute Gasteiger partial charge is 0.488 e. The highest BCUT2D eigenvalue weighted by Gasteiger charge is 2.30. The van der Waals surface area contributed by atoms with Gasteiger partial charge in [0.15, 0.2) is 0 Å². The number of ether oxygens (including phenoxy) is 1. The maximum absolute atomic E-state index is 12.2. The first-order valence-electron chi connectivity index (χ1n) is 6.09. The van der Waals surface area contributed by atoms with Gasteiger partial charge in [-0.1, -0.05) is 15.9 Å². The van der Waals surface area contributed by atoms with Crippen LogP contribution in [0, 0.1) is 0 Å². The second-order valence-corrected chi connectivity index (χ2v) is 5.74. The Morgan fingerprint density at radius 3 is 2.89 bits per heavy atom. The summed E-state index contributed by atoms with van der Waals surface area (Å²) in [5, 5.41) is 2.87. The normalized spacial score (nSPS) is 19.9. The molecule has 1 aromatic carbocycles. The van der Waals surface area contributed by atoms with Crippen molar-refractivity contribution in [3.8, 4) is 5.75 Å². The average Bonchev–Trinajstić information content (AvgIpc) is 2.66. The van der Waals surface area contributed by atoms with E-state index < -0.39 is 18.6 Å². The molecule has 0 aliphatic carbocycles. The molecule has 6 heteroatoms. The first-order chi connectivity index (χ1) is 8.83. The van der Waals surface area contributed by atoms with Gasteiger partial charge in [0.1, 0.15) is 11.9 Å². The van der Waals surface area contributed by atoms with E-state index in [0.29, 0.717) is 6.54 Å². The molecule has 1 heterocycles. The van der Waals surface area contributed by atoms with Crippen molar-refractivity contribution >= 4 is 15.9 Å². The lowest BCUT2D eigenvalue weighted by molar-refractivity contribution is -0.139. The van der Waals surface area contributed by atoms with Crippen molar-refractivity contribution in [1.29, 1.82) is 0 Å². The molecule has 0 radical (unpaired) electrons. The summed E-state index contributed by atoms with van der Waals surface area (Å²) in [5.74, 6) is 0.818. The number of hydrogen-bond acceptors (Lipinski definition) is 2. The standard InChI is InChI=1S/C13H15BrF3NO/c1-8(6-13(15,16)17)18-7-11-5-9-4-10(14)2-3-12(9)19-11/h2-4,8,11,18H,5-7H2,1H3. The molecule has 1 aliphatic rings. The maximum atomic E-state index is 12.2. The van der Waals surface area contributed by atoms with Crippen LogP contribution in [0.5, 0.6) is 5.75 Å². The number of nitrogens with one attached hydrogen (secondary N) is 1. The van der Waals surface area contributed by atoms with Gasteiger partial charge >= 0.3 is 6.18 Å². The van der Waals surface area contributed by atoms with Gasteiger partial charge < -0.3 is 10.1 Å². The Kier molecular flexibility index (Phi) is 4.40. The summed E-state index contributed by atoms with van der Waals surface area (Å²) in [5.41, 5.74) is 1.09. The van der Waals surface area contributed by atoms with Gasteiger partial charge in [0.25, 0.3) is 0 Å². The minimum Gasteiger partial charge on any atom is -0.488 e. The van der Waals surface area contributed by atoms with Gasteiger partial charge in [-0.15, -0.1) is 0 Å². The third-order valence-corrected chi connectivity index (χ3v) is 3.49. The van der Waals surface area contributed by atoms with Crippen molar-refractivity contribution < 1.29 is 17.9 Å². The highest BCUT2D eigenvalue weighted by atomic mass is 79.9. The number of benzene rings is 1. The number of rotatable bonds is 4. The van der Waals surface area contributed by atoms with Crippen LogP contribution in [0.25, 0.3) is 0 Å². The first kappa shape index (κ1) is 14.7. The van der Waals surface area contributed by atoms with E-state index >= 15 is 0 Å². The van der Waals surface area contributed by atoms with Crippen LogP contribution in [0.3, 0.4) is 0 Å². The molecule has 0 saturated carbocycles. The monoisotopic (exact) mass is 337 g/mol. The zero-order valence-electron chi connectivity index (χ0n) is 10.4. The van der Waals surface area contributed by atoms with Gasteiger partial charge in [0.2, 0.25) is 0 Å². The Hall–Kier alpha value is -0.750. The van der Waals surface area contributed by atoms with Crippen molar-refractivity contribution in [3.63, 3.8) is 0 Å². The summed E-state index contributed by atoms with van der Waals surface area (Å²) < 4.78 is 43.2. The van der Waals surface area contributed by atoms with E-state index in [1.807, 2.05) is 18.2 Å². The van der Waals surface area contributed by atoms with E-state index in [1.54, 1.807) is 0 Å². The quantitative estimate of drug-likeness (QED) is 0.904. The third kappa shape index (κ3) is 4.38. The minimum atomic E-state index is -4.13. The van der Waals surface area contributed by atoms with Gasteiger partial charge in [-0.3, -0.25) is 0 Å². The van der Waals surface area contributed by atoms with Crippen molar-refractivity contribution in [2.75, 3.05) is 6.54 Å². The third-order valence-electron chi connectivity index (χ3n) is 3.00. The Bertz CT molecular complexity index is 450. The molecule has 1 aromatic rings. The van der Waals surface area contributed by atoms with E-state index in [2.05, 4.69) is 21.2 Å². The molecule has 19 heavy (non-hydrogen) atoms. The van der Waals surface area contributed by atoms with Crippen LogP contribution in [-0.4, -0.2) is 24.9 Å². The molecule has 1 aliphatic heterocycles. The summed E-state index contributed by atoms with van der Waals surface area (Å²) in [7, 11) is 0. The summed E-state index contributed by atoms with van der Waals surface area (Å²) in [4.78, 5) is 0. The van der Waals surface area contributed by atoms with Crippen molar-refractivity contribution in [2.24, 2.45) is 0 Å². The van der Waals surface area contributed by atoms with Crippen LogP contribution in [-0.2, 0) is 6.42 Å². The van der Waals surface area contributed by atoms with Crippen molar-refractivity contribution in [3.05, 3.63) is 28.2 Å². The molecular weight excluding hydrogens is 323 g/mol. The Morgan fingerprint density at radius 1 is 1.47 bits per heavy atom. The summed E-state index contributed by atoms with van der Waals surface area (Å²) in [6.45, 7) is 1.95. The molecule has 2 atom stereocenters. The lowest BCUT2D eigenvalue weighted by Crippen LogP contribution is -2.38. The van der Waals surface area contributed by atoms with E-state index in [1.165, 1.54) is 6.92 Å². The van der Waals surface area contributed by atoms with Gasteiger partial charge in [-0.2, -0.15) is 13.2 Å². The van der Waals surface area contributed by atoms with Crippen LogP contribution in [0.1, 0.15) is 18.9 Å². The lowest BCUT2D eigenvalue weighted by Gasteiger charge is -2.18. The second-order valence-electron chi connectivity index (χ2n) is 4.82. The maximum Gasteiger partial charge on any atom is 0.390 e. The highest BCUT2D eigenvalue weighted by molar-refractivity contribution is 9.10. The highest BCUT2D eigenvalue weighted by Crippen LogP contribution is 2.31. The fourth-order valence-corrected chi connectivity index (χ4v) is 2.56. The SMILES string of the molecule is CC(CC(F)(F)F)NCC1Cc2cc(Br)ccc2O1. The van der Waals surface area contributed by atoms with E-state index in [-0.39, 0.29) is 6.10 Å². The number of halogens is 4. The molecule has 1 N–H and O–H groups in total. The topological polar surface area (TPSA) is 21.3 Å². The molecule has 0 saturated heterocycles. The number of alkyl halides is 3. The molecule has 2 unspecified atom stereocenters. The summed E-state index contributed by atoms with van der Waals surface area (Å²) in [6.07, 6.45) is -4.32. The Morgan fingerprint density at radius 2 is 2.21 bits per heavy atom. The van der Waals surface area contributed by atoms with Gasteiger partial charge in [-0.05, 0) is 30.7 Å². The Labute approximate surface area is 118 Å². The number of fused-ring (bicyclic) bond motifs is 1. The van der Waals surface area contributed by atoms with Crippen LogP contribution >= 0.6 is 15.9 Å². The fraction of sp³-hybridized carbons (Fsp3) is 0.538. The van der Waals surface area contributed by atoms with E-state index in [0.717, 1.165) is 22.2 Å². The van der Waals surface area contributed by atoms with Crippen molar-refractivity contribution in [2.45, 2.75) is 38.1 Å². The lowest BCUT2D eigenvalue weighted by atomic mass is 10.1. The van der Waals surface area contributed by atoms with Crippen molar-refractivity contribution in [1.82, 2.24) is 5.32 Å². The predicted octanol–water partition coefficient (Wildman–Crippen LogP) is 3.68. The molecule has 106 valence electrons. The van der Waals surface area contributed by atoms with E-state index in [4.69, 9.17) is 4.74 Å². The molecule has 0 spiro atoms. The van der Waals surface area contributed by atoms with Crippen LogP contribution in [0.4, 0.5) is 13.2 Å². The summed E-state index contributed by atoms with van der Waals surface area (Å²) in [6, 6.07) is 5.15. The van der Waals surface area contributed by atoms with Crippen LogP contribution < -0.4 is 10.1 Å². The van der Waals surface area contributed by atoms with Crippen LogP contribution in [0.2, 0.25) is 0 Å². The zero-order valence-corrected chi connectivity index (χ0v) is 12.0. The van der Waals surface area contributed by atoms with Gasteiger partial charge in [0, 0.05) is 23.5 Å². The van der Waals surface area contributed by atoms with Gasteiger partial charge in [0.05, 0.1) is 6.42 Å².